The van der Waals surface area contributed by atoms with Gasteiger partial charge in [-0.1, -0.05) is 11.2 Å². The van der Waals surface area contributed by atoms with E-state index in [-0.39, 0.29) is 0 Å². The van der Waals surface area contributed by atoms with Crippen molar-refractivity contribution < 1.29 is 4.52 Å². The van der Waals surface area contributed by atoms with E-state index in [9.17, 15) is 0 Å². The van der Waals surface area contributed by atoms with Crippen molar-refractivity contribution in [1.29, 1.82) is 0 Å². The lowest BCUT2D eigenvalue weighted by Gasteiger charge is -2.21. The van der Waals surface area contributed by atoms with Gasteiger partial charge in [-0.15, -0.1) is 11.3 Å². The van der Waals surface area contributed by atoms with Gasteiger partial charge >= 0.3 is 0 Å². The second-order valence-electron chi connectivity index (χ2n) is 4.14. The highest BCUT2D eigenvalue weighted by molar-refractivity contribution is 7.09. The fourth-order valence-electron chi connectivity index (χ4n) is 1.72. The van der Waals surface area contributed by atoms with Crippen molar-refractivity contribution in [2.75, 3.05) is 20.6 Å². The van der Waals surface area contributed by atoms with E-state index in [4.69, 9.17) is 4.52 Å². The van der Waals surface area contributed by atoms with Crippen LogP contribution < -0.4 is 5.32 Å². The van der Waals surface area contributed by atoms with Crippen LogP contribution in [0.5, 0.6) is 0 Å². The molecule has 0 aliphatic carbocycles. The third-order valence-electron chi connectivity index (χ3n) is 2.77. The monoisotopic (exact) mass is 278 g/mol. The first-order valence-corrected chi connectivity index (χ1v) is 7.01. The normalized spacial score (nSPS) is 11.6. The van der Waals surface area contributed by atoms with E-state index in [1.807, 2.05) is 13.1 Å². The number of thiophene rings is 1. The lowest BCUT2D eigenvalue weighted by atomic mass is 10.3. The Bertz CT molecular complexity index is 493. The molecule has 0 bridgehead atoms. The molecule has 102 valence electrons. The van der Waals surface area contributed by atoms with E-state index >= 15 is 0 Å². The number of likely N-dealkylation sites (N-methyl/N-ethyl adjacent to an activating group) is 1. The van der Waals surface area contributed by atoms with Gasteiger partial charge in [-0.25, -0.2) is 0 Å². The highest BCUT2D eigenvalue weighted by Crippen LogP contribution is 2.09. The van der Waals surface area contributed by atoms with Crippen LogP contribution in [0.25, 0.3) is 0 Å². The minimum Gasteiger partial charge on any atom is -0.364 e. The maximum atomic E-state index is 4.80. The van der Waals surface area contributed by atoms with Gasteiger partial charge in [0.05, 0.1) is 6.54 Å². The number of hydrogen-bond donors (Lipinski definition) is 1. The summed E-state index contributed by atoms with van der Waals surface area (Å²) in [6.07, 6.45) is 2.60. The second-order valence-corrected chi connectivity index (χ2v) is 5.17. The predicted octanol–water partition coefficient (Wildman–Crippen LogP) is 1.99. The summed E-state index contributed by atoms with van der Waals surface area (Å²) in [5, 5.41) is 9.22. The number of rotatable bonds is 5. The number of nitrogens with one attached hydrogen (secondary N) is 1. The molecule has 19 heavy (non-hydrogen) atoms. The Morgan fingerprint density at radius 1 is 1.53 bits per heavy atom. The molecule has 2 heterocycles. The first kappa shape index (κ1) is 13.6. The molecule has 0 unspecified atom stereocenters. The maximum absolute atomic E-state index is 4.80. The van der Waals surface area contributed by atoms with E-state index < -0.39 is 0 Å². The molecule has 0 saturated heterocycles. The lowest BCUT2D eigenvalue weighted by Crippen LogP contribution is -2.39. The predicted molar refractivity (Wildman–Crippen MR) is 77.4 cm³/mol. The zero-order chi connectivity index (χ0) is 13.5. The molecule has 2 aromatic rings. The topological polar surface area (TPSA) is 53.7 Å². The van der Waals surface area contributed by atoms with Crippen LogP contribution >= 0.6 is 11.3 Å². The molecule has 2 aromatic heterocycles. The van der Waals surface area contributed by atoms with Crippen molar-refractivity contribution in [2.24, 2.45) is 4.99 Å². The third kappa shape index (κ3) is 4.10. The van der Waals surface area contributed by atoms with Crippen molar-refractivity contribution in [3.8, 4) is 0 Å². The smallest absolute Gasteiger partial charge is 0.193 e. The highest BCUT2D eigenvalue weighted by Gasteiger charge is 2.07. The Morgan fingerprint density at radius 3 is 3.05 bits per heavy atom. The molecule has 1 N–H and O–H groups in total. The molecule has 0 aliphatic rings. The lowest BCUT2D eigenvalue weighted by molar-refractivity contribution is 0.409. The van der Waals surface area contributed by atoms with Gasteiger partial charge in [0.1, 0.15) is 12.0 Å². The maximum Gasteiger partial charge on any atom is 0.193 e. The van der Waals surface area contributed by atoms with Gasteiger partial charge in [0, 0.05) is 31.6 Å². The fraction of sp³-hybridized carbons (Fsp3) is 0.385. The van der Waals surface area contributed by atoms with Gasteiger partial charge in [0.2, 0.25) is 0 Å². The molecule has 0 fully saturated rings. The first-order valence-electron chi connectivity index (χ1n) is 6.13. The van der Waals surface area contributed by atoms with E-state index in [0.29, 0.717) is 6.54 Å². The van der Waals surface area contributed by atoms with Gasteiger partial charge in [-0.05, 0) is 17.9 Å². The van der Waals surface area contributed by atoms with Gasteiger partial charge in [0.15, 0.2) is 5.96 Å². The van der Waals surface area contributed by atoms with E-state index in [1.165, 1.54) is 4.88 Å². The van der Waals surface area contributed by atoms with Crippen molar-refractivity contribution in [1.82, 2.24) is 15.4 Å². The summed E-state index contributed by atoms with van der Waals surface area (Å²) >= 11 is 1.79. The van der Waals surface area contributed by atoms with Crippen LogP contribution in [0.1, 0.15) is 10.6 Å². The fourth-order valence-corrected chi connectivity index (χ4v) is 2.42. The van der Waals surface area contributed by atoms with Gasteiger partial charge in [-0.3, -0.25) is 4.99 Å². The summed E-state index contributed by atoms with van der Waals surface area (Å²) in [7, 11) is 3.82. The van der Waals surface area contributed by atoms with E-state index in [1.54, 1.807) is 24.6 Å². The Hall–Kier alpha value is -1.82. The molecular formula is C13H18N4OS. The Labute approximate surface area is 116 Å². The average Bonchev–Trinajstić information content (AvgIpc) is 3.10. The quantitative estimate of drug-likeness (QED) is 0.671. The average molecular weight is 278 g/mol. The summed E-state index contributed by atoms with van der Waals surface area (Å²) in [5.41, 5.74) is 0.868. The van der Waals surface area contributed by atoms with Crippen molar-refractivity contribution >= 4 is 17.3 Å². The zero-order valence-corrected chi connectivity index (χ0v) is 12.0. The third-order valence-corrected chi connectivity index (χ3v) is 3.70. The van der Waals surface area contributed by atoms with Crippen LogP contribution in [0.15, 0.2) is 39.4 Å². The van der Waals surface area contributed by atoms with Gasteiger partial charge < -0.3 is 14.7 Å². The summed E-state index contributed by atoms with van der Waals surface area (Å²) in [4.78, 5) is 7.76. The Morgan fingerprint density at radius 2 is 2.42 bits per heavy atom. The molecule has 0 spiro atoms. The largest absolute Gasteiger partial charge is 0.364 e. The standard InChI is InChI=1S/C13H18N4OS/c1-14-13(15-10-11-6-8-18-16-11)17(2)7-5-12-4-3-9-19-12/h3-4,6,8-9H,5,7,10H2,1-2H3,(H,14,15). The number of aliphatic imine (C=N–C) groups is 1. The molecule has 5 nitrogen and oxygen atoms in total. The summed E-state index contributed by atoms with van der Waals surface area (Å²) in [6, 6.07) is 6.08. The summed E-state index contributed by atoms with van der Waals surface area (Å²) in [5.74, 6) is 0.861. The van der Waals surface area contributed by atoms with Crippen LogP contribution in [-0.2, 0) is 13.0 Å². The molecule has 6 heteroatoms. The van der Waals surface area contributed by atoms with Crippen molar-refractivity contribution in [3.05, 3.63) is 40.4 Å². The molecule has 2 rings (SSSR count). The van der Waals surface area contributed by atoms with Crippen molar-refractivity contribution in [2.45, 2.75) is 13.0 Å². The summed E-state index contributed by atoms with van der Waals surface area (Å²) < 4.78 is 4.80. The van der Waals surface area contributed by atoms with E-state index in [0.717, 1.165) is 24.6 Å². The zero-order valence-electron chi connectivity index (χ0n) is 11.2. The molecule has 0 saturated carbocycles. The van der Waals surface area contributed by atoms with Crippen LogP contribution in [0, 0.1) is 0 Å². The number of aromatic nitrogens is 1. The van der Waals surface area contributed by atoms with Crippen LogP contribution in [0.3, 0.4) is 0 Å². The van der Waals surface area contributed by atoms with Crippen LogP contribution in [-0.4, -0.2) is 36.7 Å². The minimum atomic E-state index is 0.618. The Balaban J connectivity index is 1.80. The SMILES string of the molecule is CN=C(NCc1ccon1)N(C)CCc1cccs1. The van der Waals surface area contributed by atoms with Crippen LogP contribution in [0.4, 0.5) is 0 Å². The number of guanidine groups is 1. The Kier molecular flexibility index (Phi) is 4.97. The minimum absolute atomic E-state index is 0.618. The molecule has 0 atom stereocenters. The molecule has 0 aliphatic heterocycles. The second kappa shape index (κ2) is 6.94. The summed E-state index contributed by atoms with van der Waals surface area (Å²) in [6.45, 7) is 1.55. The number of nitrogens with zero attached hydrogens (tertiary/aromatic N) is 3. The number of hydrogen-bond acceptors (Lipinski definition) is 4. The van der Waals surface area contributed by atoms with Crippen molar-refractivity contribution in [3.63, 3.8) is 0 Å². The van der Waals surface area contributed by atoms with E-state index in [2.05, 4.69) is 37.9 Å². The molecule has 0 amide bonds. The highest BCUT2D eigenvalue weighted by atomic mass is 32.1. The molecule has 0 aromatic carbocycles. The van der Waals surface area contributed by atoms with Crippen LogP contribution in [0.2, 0.25) is 0 Å². The van der Waals surface area contributed by atoms with Gasteiger partial charge in [-0.2, -0.15) is 0 Å². The molecular weight excluding hydrogens is 260 g/mol. The molecule has 0 radical (unpaired) electrons. The first-order chi connectivity index (χ1) is 9.29. The van der Waals surface area contributed by atoms with Gasteiger partial charge in [0.25, 0.3) is 0 Å².